The monoisotopic (exact) mass is 331 g/mol. The molecule has 0 bridgehead atoms. The van der Waals surface area contributed by atoms with E-state index in [1.807, 2.05) is 30.3 Å². The number of aryl methyl sites for hydroxylation is 1. The molecule has 3 rings (SSSR count). The molecule has 0 aliphatic heterocycles. The van der Waals surface area contributed by atoms with Crippen LogP contribution >= 0.6 is 23.1 Å². The second-order valence-corrected chi connectivity index (χ2v) is 6.94. The van der Waals surface area contributed by atoms with E-state index in [1.54, 1.807) is 18.7 Å². The lowest BCUT2D eigenvalue weighted by molar-refractivity contribution is 0.0704. The summed E-state index contributed by atoms with van der Waals surface area (Å²) in [6.45, 7) is 1.70. The van der Waals surface area contributed by atoms with Crippen LogP contribution in [-0.2, 0) is 5.75 Å². The maximum Gasteiger partial charge on any atom is 0.348 e. The predicted octanol–water partition coefficient (Wildman–Crippen LogP) is 3.57. The molecule has 0 radical (unpaired) electrons. The Kier molecular flexibility index (Phi) is 4.00. The fraction of sp³-hybridized carbons (Fsp3) is 0.133. The molecule has 2 aromatic heterocycles. The van der Waals surface area contributed by atoms with Gasteiger partial charge in [-0.05, 0) is 12.5 Å². The molecule has 2 heterocycles. The number of carboxylic acids is 1. The minimum Gasteiger partial charge on any atom is -0.477 e. The van der Waals surface area contributed by atoms with Crippen molar-refractivity contribution in [3.05, 3.63) is 46.6 Å². The normalized spacial score (nSPS) is 11.0. The van der Waals surface area contributed by atoms with E-state index in [4.69, 9.17) is 5.73 Å². The molecule has 7 heteroatoms. The fourth-order valence-electron chi connectivity index (χ4n) is 2.12. The maximum absolute atomic E-state index is 11.4. The number of carbonyl (C=O) groups is 1. The number of fused-ring (bicyclic) bond motifs is 1. The van der Waals surface area contributed by atoms with Crippen LogP contribution in [0.2, 0.25) is 0 Å². The highest BCUT2D eigenvalue weighted by atomic mass is 32.2. The summed E-state index contributed by atoms with van der Waals surface area (Å²) in [6, 6.07) is 9.99. The number of anilines is 1. The van der Waals surface area contributed by atoms with Gasteiger partial charge in [-0.2, -0.15) is 0 Å². The number of aromatic carboxylic acids is 1. The minimum atomic E-state index is -0.987. The Labute approximate surface area is 135 Å². The van der Waals surface area contributed by atoms with Crippen LogP contribution in [0.25, 0.3) is 10.9 Å². The Balaban J connectivity index is 2.04. The molecule has 5 nitrogen and oxygen atoms in total. The maximum atomic E-state index is 11.4. The Morgan fingerprint density at radius 2 is 2.05 bits per heavy atom. The summed E-state index contributed by atoms with van der Waals surface area (Å²) in [5.74, 6) is 0.564. The summed E-state index contributed by atoms with van der Waals surface area (Å²) in [4.78, 5) is 20.1. The minimum absolute atomic E-state index is 0.211. The number of hydrogen-bond acceptors (Lipinski definition) is 6. The van der Waals surface area contributed by atoms with E-state index in [-0.39, 0.29) is 4.88 Å². The molecule has 1 aromatic carbocycles. The fourth-order valence-corrected chi connectivity index (χ4v) is 4.44. The number of thioether (sulfide) groups is 1. The van der Waals surface area contributed by atoms with E-state index in [0.717, 1.165) is 15.5 Å². The number of aromatic nitrogens is 2. The van der Waals surface area contributed by atoms with Crippen molar-refractivity contribution >= 4 is 45.8 Å². The van der Waals surface area contributed by atoms with Crippen molar-refractivity contribution in [2.24, 2.45) is 0 Å². The van der Waals surface area contributed by atoms with Gasteiger partial charge in [0.2, 0.25) is 0 Å². The Bertz CT molecular complexity index is 847. The first-order chi connectivity index (χ1) is 10.6. The van der Waals surface area contributed by atoms with Gasteiger partial charge < -0.3 is 10.8 Å². The molecule has 22 heavy (non-hydrogen) atoms. The quantitative estimate of drug-likeness (QED) is 0.710. The molecule has 3 N–H and O–H groups in total. The third-order valence-corrected chi connectivity index (χ3v) is 5.58. The van der Waals surface area contributed by atoms with Gasteiger partial charge in [-0.3, -0.25) is 0 Å². The highest BCUT2D eigenvalue weighted by Crippen LogP contribution is 2.41. The van der Waals surface area contributed by atoms with Crippen LogP contribution in [0.1, 0.15) is 21.1 Å². The average molecular weight is 331 g/mol. The molecule has 0 saturated carbocycles. The van der Waals surface area contributed by atoms with E-state index < -0.39 is 5.97 Å². The first-order valence-electron chi connectivity index (χ1n) is 6.53. The molecule has 0 atom stereocenters. The van der Waals surface area contributed by atoms with Crippen LogP contribution in [0, 0.1) is 6.92 Å². The zero-order valence-corrected chi connectivity index (χ0v) is 13.4. The number of carboxylic acid groups (broad SMARTS) is 1. The summed E-state index contributed by atoms with van der Waals surface area (Å²) in [5, 5.41) is 10.0. The zero-order chi connectivity index (χ0) is 15.7. The van der Waals surface area contributed by atoms with E-state index in [1.165, 1.54) is 11.3 Å². The van der Waals surface area contributed by atoms with E-state index in [9.17, 15) is 9.90 Å². The lowest BCUT2D eigenvalue weighted by Crippen LogP contribution is -1.99. The van der Waals surface area contributed by atoms with Crippen molar-refractivity contribution in [1.82, 2.24) is 9.97 Å². The Morgan fingerprint density at radius 1 is 1.32 bits per heavy atom. The summed E-state index contributed by atoms with van der Waals surface area (Å²) >= 11 is 2.76. The van der Waals surface area contributed by atoms with Gasteiger partial charge in [-0.25, -0.2) is 14.8 Å². The number of nitrogens with zero attached hydrogens (tertiary/aromatic N) is 2. The Hall–Kier alpha value is -2.12. The SMILES string of the molecule is Cc1nc(N)c2c(SCc3ccccc3)sc(C(=O)O)c2n1. The number of thiophene rings is 1. The lowest BCUT2D eigenvalue weighted by atomic mass is 10.2. The van der Waals surface area contributed by atoms with Crippen molar-refractivity contribution in [2.45, 2.75) is 16.9 Å². The van der Waals surface area contributed by atoms with Crippen LogP contribution in [0.5, 0.6) is 0 Å². The van der Waals surface area contributed by atoms with Crippen molar-refractivity contribution in [1.29, 1.82) is 0 Å². The molecule has 112 valence electrons. The molecule has 0 spiro atoms. The third kappa shape index (κ3) is 2.77. The molecule has 3 aromatic rings. The van der Waals surface area contributed by atoms with Gasteiger partial charge in [-0.15, -0.1) is 23.1 Å². The molecule has 0 aliphatic rings. The van der Waals surface area contributed by atoms with Crippen LogP contribution in [0.3, 0.4) is 0 Å². The summed E-state index contributed by atoms with van der Waals surface area (Å²) in [7, 11) is 0. The second kappa shape index (κ2) is 5.94. The summed E-state index contributed by atoms with van der Waals surface area (Å²) in [6.07, 6.45) is 0. The highest BCUT2D eigenvalue weighted by Gasteiger charge is 2.21. The van der Waals surface area contributed by atoms with Gasteiger partial charge in [0, 0.05) is 5.75 Å². The van der Waals surface area contributed by atoms with E-state index in [2.05, 4.69) is 9.97 Å². The molecule has 0 unspecified atom stereocenters. The van der Waals surface area contributed by atoms with Gasteiger partial charge in [-0.1, -0.05) is 30.3 Å². The third-order valence-electron chi connectivity index (χ3n) is 3.07. The van der Waals surface area contributed by atoms with Crippen molar-refractivity contribution in [3.63, 3.8) is 0 Å². The number of nitrogen functional groups attached to an aromatic ring is 1. The first kappa shape index (κ1) is 14.8. The molecule has 0 amide bonds. The van der Waals surface area contributed by atoms with Crippen molar-refractivity contribution < 1.29 is 9.90 Å². The largest absolute Gasteiger partial charge is 0.477 e. The predicted molar refractivity (Wildman–Crippen MR) is 89.5 cm³/mol. The molecule has 0 aliphatic carbocycles. The summed E-state index contributed by atoms with van der Waals surface area (Å²) in [5.41, 5.74) is 7.58. The number of hydrogen-bond donors (Lipinski definition) is 2. The first-order valence-corrected chi connectivity index (χ1v) is 8.33. The lowest BCUT2D eigenvalue weighted by Gasteiger charge is -2.02. The van der Waals surface area contributed by atoms with Crippen LogP contribution in [0.4, 0.5) is 5.82 Å². The van der Waals surface area contributed by atoms with Crippen LogP contribution in [0.15, 0.2) is 34.5 Å². The number of rotatable bonds is 4. The molecule has 0 fully saturated rings. The van der Waals surface area contributed by atoms with Crippen molar-refractivity contribution in [2.75, 3.05) is 5.73 Å². The van der Waals surface area contributed by atoms with Crippen LogP contribution < -0.4 is 5.73 Å². The van der Waals surface area contributed by atoms with Crippen LogP contribution in [-0.4, -0.2) is 21.0 Å². The van der Waals surface area contributed by atoms with Gasteiger partial charge in [0.05, 0.1) is 9.60 Å². The van der Waals surface area contributed by atoms with E-state index >= 15 is 0 Å². The second-order valence-electron chi connectivity index (χ2n) is 4.68. The Morgan fingerprint density at radius 3 is 2.73 bits per heavy atom. The van der Waals surface area contributed by atoms with Gasteiger partial charge >= 0.3 is 5.97 Å². The molecular weight excluding hydrogens is 318 g/mol. The zero-order valence-electron chi connectivity index (χ0n) is 11.7. The van der Waals surface area contributed by atoms with Gasteiger partial charge in [0.1, 0.15) is 22.0 Å². The topological polar surface area (TPSA) is 89.1 Å². The number of nitrogens with two attached hydrogens (primary N) is 1. The number of benzene rings is 1. The van der Waals surface area contributed by atoms with E-state index in [0.29, 0.717) is 22.5 Å². The smallest absolute Gasteiger partial charge is 0.348 e. The molecule has 0 saturated heterocycles. The highest BCUT2D eigenvalue weighted by molar-refractivity contribution is 8.00. The molecular formula is C15H13N3O2S2. The van der Waals surface area contributed by atoms with Gasteiger partial charge in [0.15, 0.2) is 0 Å². The average Bonchev–Trinajstić information content (AvgIpc) is 2.85. The summed E-state index contributed by atoms with van der Waals surface area (Å²) < 4.78 is 0.841. The van der Waals surface area contributed by atoms with Crippen molar-refractivity contribution in [3.8, 4) is 0 Å². The van der Waals surface area contributed by atoms with Gasteiger partial charge in [0.25, 0.3) is 0 Å². The standard InChI is InChI=1S/C15H13N3O2S2/c1-8-17-11-10(13(16)18-8)15(22-12(11)14(19)20)21-7-9-5-3-2-4-6-9/h2-6H,7H2,1H3,(H,19,20)(H2,16,17,18).